The van der Waals surface area contributed by atoms with Crippen molar-refractivity contribution >= 4 is 42.1 Å². The molecule has 12 heteroatoms. The molecule has 0 radical (unpaired) electrons. The van der Waals surface area contributed by atoms with Gasteiger partial charge in [-0.3, -0.25) is 4.79 Å². The summed E-state index contributed by atoms with van der Waals surface area (Å²) in [7, 11) is 2.03. The molecule has 1 heterocycles. The normalized spacial score (nSPS) is 17.0. The number of benzene rings is 1. The van der Waals surface area contributed by atoms with Gasteiger partial charge in [0.15, 0.2) is 0 Å². The third kappa shape index (κ3) is 8.58. The molecule has 31 heavy (non-hydrogen) atoms. The molecule has 0 saturated carbocycles. The van der Waals surface area contributed by atoms with E-state index in [1.54, 1.807) is 31.2 Å². The lowest BCUT2D eigenvalue weighted by molar-refractivity contribution is -0.192. The van der Waals surface area contributed by atoms with Gasteiger partial charge in [-0.25, -0.2) is 9.59 Å². The number of nitrogens with zero attached hydrogens (tertiary/aromatic N) is 1. The number of esters is 1. The third-order valence-corrected chi connectivity index (χ3v) is 5.49. The van der Waals surface area contributed by atoms with Crippen molar-refractivity contribution in [3.8, 4) is 0 Å². The van der Waals surface area contributed by atoms with Gasteiger partial charge in [0, 0.05) is 15.3 Å². The molecule has 7 nitrogen and oxygen atoms in total. The van der Waals surface area contributed by atoms with Crippen LogP contribution in [0, 0.1) is 0 Å². The summed E-state index contributed by atoms with van der Waals surface area (Å²) in [5.41, 5.74) is 0.443. The number of carbonyl (C=O) groups excluding carboxylic acids is 2. The number of aliphatic carboxylic acids is 1. The average molecular weight is 485 g/mol. The number of hydrogen-bond donors (Lipinski definition) is 3. The van der Waals surface area contributed by atoms with Gasteiger partial charge in [0.1, 0.15) is 6.04 Å². The number of hydrogen-bond acceptors (Lipinski definition) is 6. The molecule has 1 saturated heterocycles. The Morgan fingerprint density at radius 3 is 2.16 bits per heavy atom. The minimum absolute atomic E-state index is 0.260. The number of rotatable bonds is 5. The van der Waals surface area contributed by atoms with Crippen molar-refractivity contribution in [3.05, 3.63) is 34.9 Å². The number of likely N-dealkylation sites (tertiary alicyclic amines) is 1. The van der Waals surface area contributed by atoms with Crippen LogP contribution in [-0.4, -0.2) is 71.6 Å². The molecule has 1 aliphatic heterocycles. The van der Waals surface area contributed by atoms with Gasteiger partial charge in [0.2, 0.25) is 0 Å². The summed E-state index contributed by atoms with van der Waals surface area (Å²) in [5, 5.41) is 10.5. The third-order valence-electron chi connectivity index (χ3n) is 4.54. The molecule has 1 atom stereocenters. The summed E-state index contributed by atoms with van der Waals surface area (Å²) in [6, 6.07) is 5.74. The number of carbonyl (C=O) groups is 3. The fraction of sp³-hybridized carbons (Fsp3) is 0.526. The maximum Gasteiger partial charge on any atom is 0.490 e. The van der Waals surface area contributed by atoms with E-state index in [-0.39, 0.29) is 12.5 Å². The highest BCUT2D eigenvalue weighted by Gasteiger charge is 2.44. The van der Waals surface area contributed by atoms with Crippen LogP contribution in [0.5, 0.6) is 0 Å². The van der Waals surface area contributed by atoms with Gasteiger partial charge in [0.05, 0.1) is 6.61 Å². The molecule has 1 unspecified atom stereocenters. The van der Waals surface area contributed by atoms with E-state index in [2.05, 4.69) is 10.2 Å². The summed E-state index contributed by atoms with van der Waals surface area (Å²) in [6.45, 7) is 3.64. The molecule has 1 amide bonds. The van der Waals surface area contributed by atoms with E-state index in [0.717, 1.165) is 13.1 Å². The van der Waals surface area contributed by atoms with Gasteiger partial charge in [-0.1, -0.05) is 11.6 Å². The first-order valence-electron chi connectivity index (χ1n) is 9.24. The number of halogens is 4. The van der Waals surface area contributed by atoms with Crippen LogP contribution in [0.1, 0.15) is 30.1 Å². The smallest absolute Gasteiger partial charge is 0.475 e. The maximum absolute atomic E-state index is 12.5. The van der Waals surface area contributed by atoms with Crippen LogP contribution in [0.2, 0.25) is 5.02 Å². The summed E-state index contributed by atoms with van der Waals surface area (Å²) in [5.74, 6) is -3.54. The van der Waals surface area contributed by atoms with Gasteiger partial charge < -0.3 is 20.1 Å². The van der Waals surface area contributed by atoms with E-state index in [1.165, 1.54) is 0 Å². The summed E-state index contributed by atoms with van der Waals surface area (Å²) in [6.07, 6.45) is -3.70. The van der Waals surface area contributed by atoms with E-state index in [1.807, 2.05) is 7.05 Å². The molecule has 174 valence electrons. The largest absolute Gasteiger partial charge is 0.490 e. The number of amides is 1. The molecule has 0 spiro atoms. The van der Waals surface area contributed by atoms with Crippen LogP contribution in [0.15, 0.2) is 24.3 Å². The molecule has 0 aliphatic carbocycles. The monoisotopic (exact) mass is 484 g/mol. The minimum Gasteiger partial charge on any atom is -0.475 e. The van der Waals surface area contributed by atoms with Gasteiger partial charge in [-0.05, 0) is 64.2 Å². The number of nitrogens with one attached hydrogen (secondary N) is 1. The van der Waals surface area contributed by atoms with Gasteiger partial charge in [0.25, 0.3) is 5.91 Å². The van der Waals surface area contributed by atoms with E-state index >= 15 is 0 Å². The molecule has 2 N–H and O–H groups in total. The zero-order chi connectivity index (χ0) is 23.8. The zero-order valence-corrected chi connectivity index (χ0v) is 18.6. The highest BCUT2D eigenvalue weighted by atomic mass is 35.5. The molecule has 1 fully saturated rings. The number of alkyl halides is 3. The topological polar surface area (TPSA) is 95.9 Å². The first-order chi connectivity index (χ1) is 14.3. The lowest BCUT2D eigenvalue weighted by Crippen LogP contribution is -2.58. The number of carboxylic acids is 1. The first kappa shape index (κ1) is 27.1. The Morgan fingerprint density at radius 1 is 1.26 bits per heavy atom. The number of piperidine rings is 1. The molecule has 1 aromatic rings. The number of ether oxygens (including phenoxy) is 1. The maximum atomic E-state index is 12.5. The van der Waals surface area contributed by atoms with Gasteiger partial charge >= 0.3 is 18.1 Å². The molecule has 0 bridgehead atoms. The van der Waals surface area contributed by atoms with E-state index < -0.39 is 28.9 Å². The van der Waals surface area contributed by atoms with E-state index in [9.17, 15) is 22.8 Å². The lowest BCUT2D eigenvalue weighted by Gasteiger charge is -2.41. The number of thiol groups is 1. The molecular formula is C19H24ClF3N2O5S. The Morgan fingerprint density at radius 2 is 1.74 bits per heavy atom. The van der Waals surface area contributed by atoms with Crippen molar-refractivity contribution in [1.82, 2.24) is 10.2 Å². The second-order valence-electron chi connectivity index (χ2n) is 6.88. The van der Waals surface area contributed by atoms with Crippen LogP contribution >= 0.6 is 24.2 Å². The van der Waals surface area contributed by atoms with Gasteiger partial charge in [-0.15, -0.1) is 0 Å². The Labute approximate surface area is 188 Å². The zero-order valence-electron chi connectivity index (χ0n) is 16.9. The molecular weight excluding hydrogens is 461 g/mol. The average Bonchev–Trinajstić information content (AvgIpc) is 2.68. The van der Waals surface area contributed by atoms with Crippen molar-refractivity contribution in [2.75, 3.05) is 26.7 Å². The Bertz CT molecular complexity index is 769. The number of carboxylic acid groups (broad SMARTS) is 1. The Balaban J connectivity index is 0.000000592. The van der Waals surface area contributed by atoms with Crippen LogP contribution in [0.3, 0.4) is 0 Å². The van der Waals surface area contributed by atoms with Crippen LogP contribution < -0.4 is 5.32 Å². The second-order valence-corrected chi connectivity index (χ2v) is 8.20. The Hall–Kier alpha value is -1.98. The standard InChI is InChI=1S/C17H23ClN2O3S.C2HF3O2/c1-3-23-16(22)14(17(24)8-10-20(2)11-9-17)19-15(21)12-4-6-13(18)7-5-12;3-2(4,5)1(6)7/h4-7,14,24H,3,8-11H2,1-2H3,(H,19,21);(H,6,7). The quantitative estimate of drug-likeness (QED) is 0.439. The molecule has 1 aliphatic rings. The molecule has 2 rings (SSSR count). The van der Waals surface area contributed by atoms with Gasteiger partial charge in [-0.2, -0.15) is 25.8 Å². The molecule has 1 aromatic carbocycles. The second kappa shape index (κ2) is 11.6. The molecule has 0 aromatic heterocycles. The highest BCUT2D eigenvalue weighted by molar-refractivity contribution is 7.82. The fourth-order valence-corrected chi connectivity index (χ4v) is 3.24. The van der Waals surface area contributed by atoms with E-state index in [0.29, 0.717) is 23.4 Å². The highest BCUT2D eigenvalue weighted by Crippen LogP contribution is 2.33. The van der Waals surface area contributed by atoms with Crippen molar-refractivity contribution in [2.24, 2.45) is 0 Å². The van der Waals surface area contributed by atoms with Crippen molar-refractivity contribution < 1.29 is 37.4 Å². The van der Waals surface area contributed by atoms with Crippen molar-refractivity contribution in [3.63, 3.8) is 0 Å². The Kier molecular flexibility index (Phi) is 10.1. The van der Waals surface area contributed by atoms with Crippen LogP contribution in [-0.2, 0) is 14.3 Å². The minimum atomic E-state index is -5.08. The van der Waals surface area contributed by atoms with Crippen molar-refractivity contribution in [1.29, 1.82) is 0 Å². The van der Waals surface area contributed by atoms with Crippen LogP contribution in [0.4, 0.5) is 13.2 Å². The van der Waals surface area contributed by atoms with E-state index in [4.69, 9.17) is 38.9 Å². The fourth-order valence-electron chi connectivity index (χ4n) is 2.75. The van der Waals surface area contributed by atoms with Crippen molar-refractivity contribution in [2.45, 2.75) is 36.7 Å². The lowest BCUT2D eigenvalue weighted by atomic mass is 9.88. The summed E-state index contributed by atoms with van der Waals surface area (Å²) >= 11 is 10.6. The predicted octanol–water partition coefficient (Wildman–Crippen LogP) is 3.03. The first-order valence-corrected chi connectivity index (χ1v) is 10.1. The summed E-state index contributed by atoms with van der Waals surface area (Å²) < 4.78 is 36.3. The predicted molar refractivity (Wildman–Crippen MR) is 111 cm³/mol. The summed E-state index contributed by atoms with van der Waals surface area (Å²) in [4.78, 5) is 36.0. The van der Waals surface area contributed by atoms with Crippen LogP contribution in [0.25, 0.3) is 0 Å². The SMILES string of the molecule is CCOC(=O)C(NC(=O)c1ccc(Cl)cc1)C1(S)CCN(C)CC1.O=C(O)C(F)(F)F.